The van der Waals surface area contributed by atoms with Crippen molar-refractivity contribution in [1.82, 2.24) is 9.88 Å². The van der Waals surface area contributed by atoms with E-state index < -0.39 is 0 Å². The van der Waals surface area contributed by atoms with Crippen molar-refractivity contribution in [2.45, 2.75) is 32.2 Å². The molecule has 1 aromatic carbocycles. The van der Waals surface area contributed by atoms with Gasteiger partial charge in [-0.3, -0.25) is 9.59 Å². The number of benzene rings is 1. The molecule has 3 N–H and O–H groups in total. The van der Waals surface area contributed by atoms with Crippen LogP contribution in [0.25, 0.3) is 0 Å². The quantitative estimate of drug-likeness (QED) is 0.851. The number of hydrogen-bond acceptors (Lipinski definition) is 4. The van der Waals surface area contributed by atoms with Gasteiger partial charge < -0.3 is 16.0 Å². The summed E-state index contributed by atoms with van der Waals surface area (Å²) in [6, 6.07) is 14.8. The summed E-state index contributed by atoms with van der Waals surface area (Å²) in [5, 5.41) is 2.87. The molecule has 1 aliphatic heterocycles. The summed E-state index contributed by atoms with van der Waals surface area (Å²) < 4.78 is 0. The molecule has 2 heterocycles. The average molecular weight is 366 g/mol. The van der Waals surface area contributed by atoms with Gasteiger partial charge in [0, 0.05) is 31.2 Å². The molecule has 0 aliphatic carbocycles. The van der Waals surface area contributed by atoms with Gasteiger partial charge in [0.15, 0.2) is 0 Å². The summed E-state index contributed by atoms with van der Waals surface area (Å²) in [6.07, 6.45) is 1.83. The van der Waals surface area contributed by atoms with Gasteiger partial charge in [0.2, 0.25) is 11.8 Å². The summed E-state index contributed by atoms with van der Waals surface area (Å²) in [5.41, 5.74) is 7.98. The summed E-state index contributed by atoms with van der Waals surface area (Å²) in [5.74, 6) is 0.239. The van der Waals surface area contributed by atoms with Crippen LogP contribution in [0.15, 0.2) is 48.5 Å². The lowest BCUT2D eigenvalue weighted by Gasteiger charge is -2.32. The van der Waals surface area contributed by atoms with Crippen molar-refractivity contribution in [2.24, 2.45) is 11.7 Å². The third kappa shape index (κ3) is 5.14. The highest BCUT2D eigenvalue weighted by Gasteiger charge is 2.29. The minimum absolute atomic E-state index is 0.00228. The monoisotopic (exact) mass is 366 g/mol. The minimum Gasteiger partial charge on any atom is -0.342 e. The number of rotatable bonds is 5. The molecular weight excluding hydrogens is 340 g/mol. The van der Waals surface area contributed by atoms with Crippen LogP contribution in [-0.4, -0.2) is 34.8 Å². The number of hydrogen-bond donors (Lipinski definition) is 2. The van der Waals surface area contributed by atoms with E-state index in [4.69, 9.17) is 5.73 Å². The van der Waals surface area contributed by atoms with E-state index in [2.05, 4.69) is 10.3 Å². The Bertz CT molecular complexity index is 794. The van der Waals surface area contributed by atoms with Gasteiger partial charge in [0.25, 0.3) is 0 Å². The number of likely N-dealkylation sites (tertiary alicyclic amines) is 1. The molecule has 2 unspecified atom stereocenters. The Morgan fingerprint density at radius 3 is 2.74 bits per heavy atom. The Morgan fingerprint density at radius 1 is 1.22 bits per heavy atom. The van der Waals surface area contributed by atoms with Crippen molar-refractivity contribution < 1.29 is 9.59 Å². The lowest BCUT2D eigenvalue weighted by molar-refractivity contribution is -0.134. The van der Waals surface area contributed by atoms with E-state index in [-0.39, 0.29) is 30.2 Å². The molecule has 0 spiro atoms. The van der Waals surface area contributed by atoms with Gasteiger partial charge >= 0.3 is 0 Å². The molecule has 6 heteroatoms. The highest BCUT2D eigenvalue weighted by atomic mass is 16.2. The number of aryl methyl sites for hydroxylation is 1. The molecule has 3 rings (SSSR count). The first kappa shape index (κ1) is 19.0. The Labute approximate surface area is 159 Å². The minimum atomic E-state index is -0.329. The number of carbonyl (C=O) groups is 2. The molecule has 1 fully saturated rings. The Morgan fingerprint density at radius 2 is 2.00 bits per heavy atom. The van der Waals surface area contributed by atoms with Crippen molar-refractivity contribution in [3.05, 3.63) is 59.8 Å². The first-order valence-electron chi connectivity index (χ1n) is 9.36. The molecule has 2 aromatic rings. The Hall–Kier alpha value is -2.73. The predicted molar refractivity (Wildman–Crippen MR) is 105 cm³/mol. The van der Waals surface area contributed by atoms with Crippen LogP contribution in [0.1, 0.15) is 36.6 Å². The van der Waals surface area contributed by atoms with Crippen molar-refractivity contribution in [3.8, 4) is 0 Å². The van der Waals surface area contributed by atoms with E-state index in [1.54, 1.807) is 11.0 Å². The highest BCUT2D eigenvalue weighted by Crippen LogP contribution is 2.21. The average Bonchev–Trinajstić information content (AvgIpc) is 2.68. The number of nitrogens with one attached hydrogen (secondary N) is 1. The maximum atomic E-state index is 12.7. The van der Waals surface area contributed by atoms with Crippen LogP contribution >= 0.6 is 0 Å². The highest BCUT2D eigenvalue weighted by molar-refractivity contribution is 5.92. The number of nitrogens with two attached hydrogens (primary N) is 1. The standard InChI is InChI=1S/C21H26N4O2/c1-15-7-5-11-19(23-15)24-21(27)17-10-6-12-25(14-17)20(26)13-18(22)16-8-3-2-4-9-16/h2-5,7-9,11,17-18H,6,10,12-14,22H2,1H3,(H,23,24,27). The largest absolute Gasteiger partial charge is 0.342 e. The molecule has 6 nitrogen and oxygen atoms in total. The molecule has 1 saturated heterocycles. The van der Waals surface area contributed by atoms with Gasteiger partial charge in [-0.2, -0.15) is 0 Å². The van der Waals surface area contributed by atoms with E-state index in [0.717, 1.165) is 24.1 Å². The summed E-state index contributed by atoms with van der Waals surface area (Å²) in [7, 11) is 0. The molecule has 0 bridgehead atoms. The van der Waals surface area contributed by atoms with Crippen molar-refractivity contribution in [2.75, 3.05) is 18.4 Å². The molecule has 0 radical (unpaired) electrons. The number of pyridine rings is 1. The van der Waals surface area contributed by atoms with Crippen LogP contribution in [0.4, 0.5) is 5.82 Å². The van der Waals surface area contributed by atoms with Gasteiger partial charge in [-0.1, -0.05) is 36.4 Å². The molecular formula is C21H26N4O2. The zero-order chi connectivity index (χ0) is 19.2. The molecule has 142 valence electrons. The van der Waals surface area contributed by atoms with Gasteiger partial charge in [-0.05, 0) is 37.5 Å². The number of carbonyl (C=O) groups excluding carboxylic acids is 2. The molecule has 27 heavy (non-hydrogen) atoms. The first-order chi connectivity index (χ1) is 13.0. The summed E-state index contributed by atoms with van der Waals surface area (Å²) >= 11 is 0. The first-order valence-corrected chi connectivity index (χ1v) is 9.36. The molecule has 1 aromatic heterocycles. The predicted octanol–water partition coefficient (Wildman–Crippen LogP) is 2.66. The number of nitrogens with zero attached hydrogens (tertiary/aromatic N) is 2. The lowest BCUT2D eigenvalue weighted by Crippen LogP contribution is -2.44. The number of amides is 2. The van der Waals surface area contributed by atoms with Crippen LogP contribution in [0, 0.1) is 12.8 Å². The summed E-state index contributed by atoms with van der Waals surface area (Å²) in [4.78, 5) is 31.3. The van der Waals surface area contributed by atoms with Crippen LogP contribution < -0.4 is 11.1 Å². The van der Waals surface area contributed by atoms with Crippen LogP contribution in [0.5, 0.6) is 0 Å². The SMILES string of the molecule is Cc1cccc(NC(=O)C2CCCN(C(=O)CC(N)c3ccccc3)C2)n1. The fourth-order valence-electron chi connectivity index (χ4n) is 3.39. The van der Waals surface area contributed by atoms with Gasteiger partial charge in [-0.25, -0.2) is 4.98 Å². The normalized spacial score (nSPS) is 18.0. The number of aromatic nitrogens is 1. The lowest BCUT2D eigenvalue weighted by atomic mass is 9.96. The smallest absolute Gasteiger partial charge is 0.230 e. The van der Waals surface area contributed by atoms with Crippen molar-refractivity contribution in [3.63, 3.8) is 0 Å². The van der Waals surface area contributed by atoms with E-state index in [1.807, 2.05) is 49.4 Å². The van der Waals surface area contributed by atoms with E-state index in [9.17, 15) is 9.59 Å². The van der Waals surface area contributed by atoms with Crippen LogP contribution in [0.2, 0.25) is 0 Å². The molecule has 0 saturated carbocycles. The zero-order valence-corrected chi connectivity index (χ0v) is 15.6. The van der Waals surface area contributed by atoms with E-state index in [1.165, 1.54) is 0 Å². The Kier molecular flexibility index (Phi) is 6.19. The zero-order valence-electron chi connectivity index (χ0n) is 15.6. The second kappa shape index (κ2) is 8.77. The summed E-state index contributed by atoms with van der Waals surface area (Å²) in [6.45, 7) is 2.98. The van der Waals surface area contributed by atoms with Crippen molar-refractivity contribution in [1.29, 1.82) is 0 Å². The third-order valence-electron chi connectivity index (χ3n) is 4.91. The van der Waals surface area contributed by atoms with Gasteiger partial charge in [-0.15, -0.1) is 0 Å². The van der Waals surface area contributed by atoms with Gasteiger partial charge in [0.05, 0.1) is 5.92 Å². The van der Waals surface area contributed by atoms with Crippen LogP contribution in [-0.2, 0) is 9.59 Å². The van der Waals surface area contributed by atoms with Gasteiger partial charge in [0.1, 0.15) is 5.82 Å². The Balaban J connectivity index is 1.56. The molecule has 2 atom stereocenters. The van der Waals surface area contributed by atoms with Crippen LogP contribution in [0.3, 0.4) is 0 Å². The topological polar surface area (TPSA) is 88.3 Å². The molecule has 2 amide bonds. The second-order valence-corrected chi connectivity index (χ2v) is 7.05. The van der Waals surface area contributed by atoms with E-state index >= 15 is 0 Å². The maximum Gasteiger partial charge on any atom is 0.230 e. The fourth-order valence-corrected chi connectivity index (χ4v) is 3.39. The van der Waals surface area contributed by atoms with E-state index in [0.29, 0.717) is 18.9 Å². The maximum absolute atomic E-state index is 12.7. The number of anilines is 1. The third-order valence-corrected chi connectivity index (χ3v) is 4.91. The second-order valence-electron chi connectivity index (χ2n) is 7.05. The molecule has 1 aliphatic rings. The van der Waals surface area contributed by atoms with Crippen molar-refractivity contribution >= 4 is 17.6 Å². The number of piperidine rings is 1. The fraction of sp³-hybridized carbons (Fsp3) is 0.381.